The summed E-state index contributed by atoms with van der Waals surface area (Å²) < 4.78 is 5.28. The fourth-order valence-electron chi connectivity index (χ4n) is 1.55. The van der Waals surface area contributed by atoms with Crippen molar-refractivity contribution in [2.75, 3.05) is 18.6 Å². The predicted molar refractivity (Wildman–Crippen MR) is 67.7 cm³/mol. The van der Waals surface area contributed by atoms with Gasteiger partial charge in [-0.15, -0.1) is 0 Å². The molecule has 88 valence electrons. The molecule has 0 unspecified atom stereocenters. The quantitative estimate of drug-likeness (QED) is 0.421. The number of hydrogen-bond acceptors (Lipinski definition) is 7. The third-order valence-corrected chi connectivity index (χ3v) is 3.22. The molecule has 1 heterocycles. The zero-order valence-electron chi connectivity index (χ0n) is 8.98. The number of ether oxygens (including phenoxy) is 1. The lowest BCUT2D eigenvalue weighted by molar-refractivity contribution is 0.0603. The van der Waals surface area contributed by atoms with Crippen LogP contribution in [0.1, 0.15) is 15.9 Å². The van der Waals surface area contributed by atoms with Crippen molar-refractivity contribution in [1.82, 2.24) is 4.98 Å². The lowest BCUT2D eigenvalue weighted by Crippen LogP contribution is -2.05. The SMILES string of the molecule is COC(=O)c1cc(N)c(C=N)c2sc(N)nc12. The molecule has 0 amide bonds. The Kier molecular flexibility index (Phi) is 2.68. The van der Waals surface area contributed by atoms with Gasteiger partial charge in [0.05, 0.1) is 22.9 Å². The maximum Gasteiger partial charge on any atom is 0.340 e. The Morgan fingerprint density at radius 3 is 2.88 bits per heavy atom. The molecule has 2 aromatic rings. The molecule has 17 heavy (non-hydrogen) atoms. The van der Waals surface area contributed by atoms with Gasteiger partial charge in [-0.05, 0) is 6.07 Å². The van der Waals surface area contributed by atoms with Crippen LogP contribution in [0.15, 0.2) is 6.07 Å². The van der Waals surface area contributed by atoms with Gasteiger partial charge in [0, 0.05) is 17.5 Å². The standard InChI is InChI=1S/C10H10N4O2S/c1-16-9(15)4-2-6(12)5(3-11)8-7(4)14-10(13)17-8/h2-3,11H,12H2,1H3,(H2,13,14). The summed E-state index contributed by atoms with van der Waals surface area (Å²) >= 11 is 1.19. The highest BCUT2D eigenvalue weighted by Crippen LogP contribution is 2.32. The Labute approximate surface area is 101 Å². The number of nitrogens with zero attached hydrogens (tertiary/aromatic N) is 1. The van der Waals surface area contributed by atoms with Crippen LogP contribution in [0.3, 0.4) is 0 Å². The third kappa shape index (κ3) is 1.70. The molecule has 0 saturated carbocycles. The normalized spacial score (nSPS) is 10.4. The van der Waals surface area contributed by atoms with Crippen molar-refractivity contribution in [2.45, 2.75) is 0 Å². The molecule has 2 rings (SSSR count). The minimum absolute atomic E-state index is 0.263. The van der Waals surface area contributed by atoms with Gasteiger partial charge in [-0.3, -0.25) is 0 Å². The van der Waals surface area contributed by atoms with Gasteiger partial charge >= 0.3 is 5.97 Å². The van der Waals surface area contributed by atoms with Crippen LogP contribution < -0.4 is 11.5 Å². The van der Waals surface area contributed by atoms with E-state index in [1.165, 1.54) is 24.5 Å². The third-order valence-electron chi connectivity index (χ3n) is 2.30. The van der Waals surface area contributed by atoms with Crippen LogP contribution in [0.5, 0.6) is 0 Å². The molecule has 1 aromatic heterocycles. The van der Waals surface area contributed by atoms with Gasteiger partial charge in [0.25, 0.3) is 0 Å². The van der Waals surface area contributed by atoms with Gasteiger partial charge in [0.1, 0.15) is 0 Å². The van der Waals surface area contributed by atoms with Crippen molar-refractivity contribution in [3.8, 4) is 0 Å². The smallest absolute Gasteiger partial charge is 0.340 e. The summed E-state index contributed by atoms with van der Waals surface area (Å²) in [5, 5.41) is 7.63. The van der Waals surface area contributed by atoms with Crippen molar-refractivity contribution in [2.24, 2.45) is 0 Å². The van der Waals surface area contributed by atoms with E-state index in [0.717, 1.165) is 6.21 Å². The average molecular weight is 250 g/mol. The number of esters is 1. The number of rotatable bonds is 2. The second-order valence-electron chi connectivity index (χ2n) is 3.29. The summed E-state index contributed by atoms with van der Waals surface area (Å²) in [5.41, 5.74) is 12.9. The zero-order valence-corrected chi connectivity index (χ0v) is 9.80. The highest BCUT2D eigenvalue weighted by molar-refractivity contribution is 7.22. The number of aromatic nitrogens is 1. The van der Waals surface area contributed by atoms with E-state index in [4.69, 9.17) is 16.9 Å². The van der Waals surface area contributed by atoms with Crippen LogP contribution in [0, 0.1) is 5.41 Å². The summed E-state index contributed by atoms with van der Waals surface area (Å²) in [6, 6.07) is 1.45. The van der Waals surface area contributed by atoms with Crippen molar-refractivity contribution >= 4 is 44.6 Å². The second-order valence-corrected chi connectivity index (χ2v) is 4.32. The number of nitrogens with one attached hydrogen (secondary N) is 1. The van der Waals surface area contributed by atoms with E-state index in [0.29, 0.717) is 26.6 Å². The number of nitrogen functional groups attached to an aromatic ring is 2. The molecule has 5 N–H and O–H groups in total. The molecule has 6 nitrogen and oxygen atoms in total. The van der Waals surface area contributed by atoms with Crippen molar-refractivity contribution in [3.05, 3.63) is 17.2 Å². The van der Waals surface area contributed by atoms with Gasteiger partial charge in [-0.25, -0.2) is 9.78 Å². The minimum Gasteiger partial charge on any atom is -0.465 e. The van der Waals surface area contributed by atoms with Crippen LogP contribution in [-0.4, -0.2) is 24.3 Å². The first-order valence-corrected chi connectivity index (χ1v) is 5.47. The fourth-order valence-corrected chi connectivity index (χ4v) is 2.43. The largest absolute Gasteiger partial charge is 0.465 e. The minimum atomic E-state index is -0.525. The topological polar surface area (TPSA) is 115 Å². The number of carbonyl (C=O) groups excluding carboxylic acids is 1. The monoisotopic (exact) mass is 250 g/mol. The molecule has 7 heteroatoms. The summed E-state index contributed by atoms with van der Waals surface area (Å²) in [4.78, 5) is 15.6. The Hall–Kier alpha value is -2.15. The van der Waals surface area contributed by atoms with Crippen molar-refractivity contribution < 1.29 is 9.53 Å². The first kappa shape index (κ1) is 11.3. The predicted octanol–water partition coefficient (Wildman–Crippen LogP) is 1.24. The van der Waals surface area contributed by atoms with Gasteiger partial charge < -0.3 is 21.6 Å². The van der Waals surface area contributed by atoms with E-state index in [1.807, 2.05) is 0 Å². The van der Waals surface area contributed by atoms with E-state index in [2.05, 4.69) is 9.72 Å². The fraction of sp³-hybridized carbons (Fsp3) is 0.100. The number of fused-ring (bicyclic) bond motifs is 1. The van der Waals surface area contributed by atoms with Crippen LogP contribution in [0.2, 0.25) is 0 Å². The summed E-state index contributed by atoms with van der Waals surface area (Å²) in [6.07, 6.45) is 1.12. The highest BCUT2D eigenvalue weighted by Gasteiger charge is 2.18. The molecule has 0 radical (unpaired) electrons. The molecule has 0 atom stereocenters. The second kappa shape index (κ2) is 4.02. The number of nitrogens with two attached hydrogens (primary N) is 2. The summed E-state index contributed by atoms with van der Waals surface area (Å²) in [5.74, 6) is -0.525. The number of anilines is 2. The number of benzene rings is 1. The van der Waals surface area contributed by atoms with Crippen LogP contribution >= 0.6 is 11.3 Å². The molecular formula is C10H10N4O2S. The summed E-state index contributed by atoms with van der Waals surface area (Å²) in [7, 11) is 1.28. The van der Waals surface area contributed by atoms with Gasteiger partial charge in [-0.2, -0.15) is 0 Å². The first-order chi connectivity index (χ1) is 8.08. The maximum atomic E-state index is 11.6. The molecule has 0 saturated heterocycles. The first-order valence-electron chi connectivity index (χ1n) is 4.65. The number of methoxy groups -OCH3 is 1. The number of carbonyl (C=O) groups is 1. The van der Waals surface area contributed by atoms with E-state index < -0.39 is 5.97 Å². The summed E-state index contributed by atoms with van der Waals surface area (Å²) in [6.45, 7) is 0. The maximum absolute atomic E-state index is 11.6. The molecule has 0 aliphatic heterocycles. The molecule has 0 spiro atoms. The lowest BCUT2D eigenvalue weighted by atomic mass is 10.1. The van der Waals surface area contributed by atoms with E-state index in [9.17, 15) is 4.79 Å². The zero-order chi connectivity index (χ0) is 12.6. The van der Waals surface area contributed by atoms with Crippen molar-refractivity contribution in [1.29, 1.82) is 5.41 Å². The van der Waals surface area contributed by atoms with Crippen molar-refractivity contribution in [3.63, 3.8) is 0 Å². The van der Waals surface area contributed by atoms with E-state index in [-0.39, 0.29) is 5.56 Å². The number of hydrogen-bond donors (Lipinski definition) is 3. The molecule has 0 aliphatic carbocycles. The Morgan fingerprint density at radius 2 is 2.29 bits per heavy atom. The highest BCUT2D eigenvalue weighted by atomic mass is 32.1. The Morgan fingerprint density at radius 1 is 1.59 bits per heavy atom. The Balaban J connectivity index is 2.87. The molecule has 0 bridgehead atoms. The molecule has 1 aromatic carbocycles. The van der Waals surface area contributed by atoms with E-state index >= 15 is 0 Å². The molecular weight excluding hydrogens is 240 g/mol. The Bertz CT molecular complexity index is 620. The lowest BCUT2D eigenvalue weighted by Gasteiger charge is -2.05. The van der Waals surface area contributed by atoms with Crippen LogP contribution in [-0.2, 0) is 4.74 Å². The van der Waals surface area contributed by atoms with Crippen LogP contribution in [0.4, 0.5) is 10.8 Å². The van der Waals surface area contributed by atoms with Crippen LogP contribution in [0.25, 0.3) is 10.2 Å². The average Bonchev–Trinajstić information content (AvgIpc) is 2.68. The molecule has 0 fully saturated rings. The van der Waals surface area contributed by atoms with Gasteiger partial charge in [0.15, 0.2) is 5.13 Å². The molecule has 0 aliphatic rings. The van der Waals surface area contributed by atoms with E-state index in [1.54, 1.807) is 0 Å². The van der Waals surface area contributed by atoms with Gasteiger partial charge in [-0.1, -0.05) is 11.3 Å². The number of thiazole rings is 1. The van der Waals surface area contributed by atoms with Gasteiger partial charge in [0.2, 0.25) is 0 Å².